The molecule has 0 aliphatic rings. The van der Waals surface area contributed by atoms with E-state index in [9.17, 15) is 0 Å². The zero-order valence-electron chi connectivity index (χ0n) is 12.2. The molecule has 0 fully saturated rings. The molecule has 0 aromatic carbocycles. The molecule has 1 heterocycles. The molecule has 0 bridgehead atoms. The Morgan fingerprint density at radius 2 is 2.06 bits per heavy atom. The maximum Gasteiger partial charge on any atom is 0.0764 e. The lowest BCUT2D eigenvalue weighted by Crippen LogP contribution is -2.36. The van der Waals surface area contributed by atoms with Crippen molar-refractivity contribution in [3.05, 3.63) is 18.0 Å². The summed E-state index contributed by atoms with van der Waals surface area (Å²) in [6.45, 7) is 11.2. The van der Waals surface area contributed by atoms with E-state index < -0.39 is 0 Å². The highest BCUT2D eigenvalue weighted by Gasteiger charge is 2.18. The highest BCUT2D eigenvalue weighted by molar-refractivity contribution is 5.85. The van der Waals surface area contributed by atoms with Crippen molar-refractivity contribution in [2.45, 2.75) is 40.3 Å². The van der Waals surface area contributed by atoms with Gasteiger partial charge in [0.2, 0.25) is 0 Å². The van der Waals surface area contributed by atoms with Crippen LogP contribution in [0.25, 0.3) is 0 Å². The van der Waals surface area contributed by atoms with E-state index in [2.05, 4.69) is 50.8 Å². The maximum atomic E-state index is 5.75. The van der Waals surface area contributed by atoms with Crippen LogP contribution < -0.4 is 5.73 Å². The molecule has 4 nitrogen and oxygen atoms in total. The summed E-state index contributed by atoms with van der Waals surface area (Å²) in [4.78, 5) is 2.28. The molecule has 0 amide bonds. The minimum absolute atomic E-state index is 0. The second-order valence-corrected chi connectivity index (χ2v) is 5.92. The molecule has 0 spiro atoms. The number of hydrogen-bond donors (Lipinski definition) is 1. The van der Waals surface area contributed by atoms with Crippen LogP contribution >= 0.6 is 12.4 Å². The molecule has 0 aliphatic carbocycles. The third kappa shape index (κ3) is 5.38. The summed E-state index contributed by atoms with van der Waals surface area (Å²) in [5.41, 5.74) is 7.03. The number of halogens is 1. The molecular formula is C13H27ClN4. The van der Waals surface area contributed by atoms with Crippen LogP contribution in [0.2, 0.25) is 0 Å². The van der Waals surface area contributed by atoms with E-state index in [1.807, 2.05) is 10.9 Å². The third-order valence-corrected chi connectivity index (χ3v) is 2.88. The van der Waals surface area contributed by atoms with Gasteiger partial charge in [-0.2, -0.15) is 5.10 Å². The van der Waals surface area contributed by atoms with Gasteiger partial charge < -0.3 is 5.73 Å². The van der Waals surface area contributed by atoms with Crippen molar-refractivity contribution in [3.8, 4) is 0 Å². The third-order valence-electron chi connectivity index (χ3n) is 2.88. The van der Waals surface area contributed by atoms with Crippen molar-refractivity contribution in [1.82, 2.24) is 14.7 Å². The Morgan fingerprint density at radius 3 is 2.50 bits per heavy atom. The molecule has 0 unspecified atom stereocenters. The number of nitrogens with zero attached hydrogens (tertiary/aromatic N) is 3. The molecule has 5 heteroatoms. The molecule has 18 heavy (non-hydrogen) atoms. The SMILES string of the molecule is CC(C)n1ccc(CN(C)CC(C)(C)CN)n1.Cl. The lowest BCUT2D eigenvalue weighted by Gasteiger charge is -2.28. The summed E-state index contributed by atoms with van der Waals surface area (Å²) in [5, 5.41) is 4.55. The standard InChI is InChI=1S/C13H26N4.ClH/c1-11(2)17-7-6-12(15-17)8-16(5)10-13(3,4)9-14;/h6-7,11H,8-10,14H2,1-5H3;1H. The van der Waals surface area contributed by atoms with Gasteiger partial charge in [-0.15, -0.1) is 12.4 Å². The van der Waals surface area contributed by atoms with Crippen LogP contribution in [0.1, 0.15) is 39.4 Å². The van der Waals surface area contributed by atoms with Gasteiger partial charge in [-0.3, -0.25) is 9.58 Å². The normalized spacial score (nSPS) is 12.0. The van der Waals surface area contributed by atoms with E-state index in [-0.39, 0.29) is 17.8 Å². The minimum atomic E-state index is 0. The van der Waals surface area contributed by atoms with Crippen LogP contribution in [-0.2, 0) is 6.54 Å². The van der Waals surface area contributed by atoms with Crippen molar-refractivity contribution >= 4 is 12.4 Å². The van der Waals surface area contributed by atoms with Crippen molar-refractivity contribution in [1.29, 1.82) is 0 Å². The number of aromatic nitrogens is 2. The summed E-state index contributed by atoms with van der Waals surface area (Å²) >= 11 is 0. The Hall–Kier alpha value is -0.580. The lowest BCUT2D eigenvalue weighted by atomic mass is 9.93. The minimum Gasteiger partial charge on any atom is -0.330 e. The fraction of sp³-hybridized carbons (Fsp3) is 0.769. The largest absolute Gasteiger partial charge is 0.330 e. The van der Waals surface area contributed by atoms with Gasteiger partial charge in [0.25, 0.3) is 0 Å². The van der Waals surface area contributed by atoms with E-state index in [4.69, 9.17) is 5.73 Å². The zero-order chi connectivity index (χ0) is 13.1. The number of rotatable bonds is 6. The summed E-state index contributed by atoms with van der Waals surface area (Å²) in [5.74, 6) is 0. The maximum absolute atomic E-state index is 5.75. The van der Waals surface area contributed by atoms with E-state index >= 15 is 0 Å². The van der Waals surface area contributed by atoms with Gasteiger partial charge in [-0.1, -0.05) is 13.8 Å². The summed E-state index contributed by atoms with van der Waals surface area (Å²) < 4.78 is 2.00. The monoisotopic (exact) mass is 274 g/mol. The van der Waals surface area contributed by atoms with Crippen LogP contribution in [0.5, 0.6) is 0 Å². The second-order valence-electron chi connectivity index (χ2n) is 5.92. The van der Waals surface area contributed by atoms with Crippen LogP contribution in [0.4, 0.5) is 0 Å². The molecule has 1 rings (SSSR count). The average molecular weight is 275 g/mol. The van der Waals surface area contributed by atoms with Crippen LogP contribution in [0, 0.1) is 5.41 Å². The number of nitrogens with two attached hydrogens (primary N) is 1. The molecule has 0 atom stereocenters. The van der Waals surface area contributed by atoms with Crippen molar-refractivity contribution < 1.29 is 0 Å². The highest BCUT2D eigenvalue weighted by Crippen LogP contribution is 2.15. The average Bonchev–Trinajstić information content (AvgIpc) is 2.65. The summed E-state index contributed by atoms with van der Waals surface area (Å²) in [7, 11) is 2.12. The first-order valence-electron chi connectivity index (χ1n) is 6.27. The van der Waals surface area contributed by atoms with E-state index in [1.165, 1.54) is 0 Å². The van der Waals surface area contributed by atoms with Crippen LogP contribution in [-0.4, -0.2) is 34.8 Å². The molecule has 1 aromatic heterocycles. The lowest BCUT2D eigenvalue weighted by molar-refractivity contribution is 0.207. The van der Waals surface area contributed by atoms with Gasteiger partial charge >= 0.3 is 0 Å². The summed E-state index contributed by atoms with van der Waals surface area (Å²) in [6, 6.07) is 2.51. The topological polar surface area (TPSA) is 47.1 Å². The molecule has 2 N–H and O–H groups in total. The Kier molecular flexibility index (Phi) is 6.89. The predicted octanol–water partition coefficient (Wildman–Crippen LogP) is 2.30. The first kappa shape index (κ1) is 17.4. The highest BCUT2D eigenvalue weighted by atomic mass is 35.5. The van der Waals surface area contributed by atoms with Crippen molar-refractivity contribution in [2.24, 2.45) is 11.1 Å². The second kappa shape index (κ2) is 7.12. The van der Waals surface area contributed by atoms with Gasteiger partial charge in [0.15, 0.2) is 0 Å². The van der Waals surface area contributed by atoms with Gasteiger partial charge in [0, 0.05) is 25.3 Å². The first-order valence-corrected chi connectivity index (χ1v) is 6.27. The van der Waals surface area contributed by atoms with E-state index in [0.717, 1.165) is 18.8 Å². The Labute approximate surface area is 117 Å². The fourth-order valence-corrected chi connectivity index (χ4v) is 1.88. The van der Waals surface area contributed by atoms with Gasteiger partial charge in [-0.05, 0) is 38.9 Å². The Morgan fingerprint density at radius 1 is 1.44 bits per heavy atom. The van der Waals surface area contributed by atoms with Gasteiger partial charge in [0.1, 0.15) is 0 Å². The Bertz CT molecular complexity index is 347. The van der Waals surface area contributed by atoms with Crippen LogP contribution in [0.3, 0.4) is 0 Å². The van der Waals surface area contributed by atoms with Crippen molar-refractivity contribution in [3.63, 3.8) is 0 Å². The van der Waals surface area contributed by atoms with Gasteiger partial charge in [-0.25, -0.2) is 0 Å². The summed E-state index contributed by atoms with van der Waals surface area (Å²) in [6.07, 6.45) is 2.04. The van der Waals surface area contributed by atoms with Crippen LogP contribution in [0.15, 0.2) is 12.3 Å². The molecule has 0 radical (unpaired) electrons. The predicted molar refractivity (Wildman–Crippen MR) is 79.0 cm³/mol. The molecule has 0 saturated heterocycles. The van der Waals surface area contributed by atoms with E-state index in [1.54, 1.807) is 0 Å². The van der Waals surface area contributed by atoms with Crippen molar-refractivity contribution in [2.75, 3.05) is 20.1 Å². The smallest absolute Gasteiger partial charge is 0.0764 e. The first-order chi connectivity index (χ1) is 7.84. The molecule has 0 saturated carbocycles. The zero-order valence-corrected chi connectivity index (χ0v) is 13.0. The Balaban J connectivity index is 0.00000289. The molecule has 1 aromatic rings. The van der Waals surface area contributed by atoms with Gasteiger partial charge in [0.05, 0.1) is 5.69 Å². The number of hydrogen-bond acceptors (Lipinski definition) is 3. The van der Waals surface area contributed by atoms with E-state index in [0.29, 0.717) is 12.6 Å². The fourth-order valence-electron chi connectivity index (χ4n) is 1.88. The molecular weight excluding hydrogens is 248 g/mol. The molecule has 0 aliphatic heterocycles. The molecule has 106 valence electrons. The quantitative estimate of drug-likeness (QED) is 0.866.